The molecule has 2 aliphatic rings. The van der Waals surface area contributed by atoms with E-state index in [-0.39, 0.29) is 24.0 Å². The number of fused-ring (bicyclic) bond motifs is 1. The quantitative estimate of drug-likeness (QED) is 0.813. The Hall–Kier alpha value is -3.00. The summed E-state index contributed by atoms with van der Waals surface area (Å²) in [5, 5.41) is 13.7. The van der Waals surface area contributed by atoms with Gasteiger partial charge in [0.1, 0.15) is 11.5 Å². The lowest BCUT2D eigenvalue weighted by molar-refractivity contribution is -0.274. The van der Waals surface area contributed by atoms with Crippen molar-refractivity contribution in [1.82, 2.24) is 10.2 Å². The van der Waals surface area contributed by atoms with Crippen molar-refractivity contribution in [2.24, 2.45) is 0 Å². The molecule has 4 rings (SSSR count). The van der Waals surface area contributed by atoms with Crippen LogP contribution in [0, 0.1) is 0 Å². The number of phenolic OH excluding ortho intramolecular Hbond substituents is 1. The van der Waals surface area contributed by atoms with Gasteiger partial charge in [0.2, 0.25) is 0 Å². The van der Waals surface area contributed by atoms with Crippen LogP contribution in [0.1, 0.15) is 33.5 Å². The van der Waals surface area contributed by atoms with Crippen molar-refractivity contribution >= 4 is 11.5 Å². The smallest absolute Gasteiger partial charge is 0.507 e. The molecule has 0 fully saturated rings. The number of phenols is 1. The van der Waals surface area contributed by atoms with Crippen molar-refractivity contribution < 1.29 is 27.8 Å². The van der Waals surface area contributed by atoms with Gasteiger partial charge in [-0.15, -0.1) is 13.2 Å². The van der Waals surface area contributed by atoms with Gasteiger partial charge in [-0.2, -0.15) is 0 Å². The molecule has 0 saturated carbocycles. The molecular weight excluding hydrogens is 385 g/mol. The highest BCUT2D eigenvalue weighted by Crippen LogP contribution is 2.35. The standard InChI is InChI=1S/C21H19F3N2O3/c22-21(23,24)29-17-3-1-13(2-4-17)11-26-12-16-9-15(14-5-7-25-8-6-14)10-18(27)19(16)20(26)28/h1-5,9-10,25,27H,6-8,11-12H2. The molecule has 2 N–H and O–H groups in total. The number of carbonyl (C=O) groups is 1. The first-order valence-corrected chi connectivity index (χ1v) is 9.20. The van der Waals surface area contributed by atoms with Crippen LogP contribution in [0.15, 0.2) is 42.5 Å². The van der Waals surface area contributed by atoms with Crippen LogP contribution in [0.5, 0.6) is 11.5 Å². The maximum Gasteiger partial charge on any atom is 0.573 e. The third-order valence-electron chi connectivity index (χ3n) is 5.03. The van der Waals surface area contributed by atoms with Crippen LogP contribution in [-0.2, 0) is 13.1 Å². The van der Waals surface area contributed by atoms with Gasteiger partial charge in [0.15, 0.2) is 0 Å². The van der Waals surface area contributed by atoms with E-state index in [1.807, 2.05) is 6.07 Å². The average molecular weight is 404 g/mol. The van der Waals surface area contributed by atoms with Crippen LogP contribution >= 0.6 is 0 Å². The largest absolute Gasteiger partial charge is 0.573 e. The second kappa shape index (κ2) is 7.44. The summed E-state index contributed by atoms with van der Waals surface area (Å²) in [5.41, 5.74) is 3.75. The minimum absolute atomic E-state index is 0.0432. The Morgan fingerprint density at radius 3 is 2.59 bits per heavy atom. The van der Waals surface area contributed by atoms with E-state index in [1.54, 1.807) is 11.0 Å². The Kier molecular flexibility index (Phi) is 4.96. The van der Waals surface area contributed by atoms with E-state index in [0.29, 0.717) is 17.7 Å². The molecule has 0 atom stereocenters. The highest BCUT2D eigenvalue weighted by molar-refractivity contribution is 6.01. The topological polar surface area (TPSA) is 61.8 Å². The van der Waals surface area contributed by atoms with E-state index in [0.717, 1.165) is 36.2 Å². The number of nitrogens with zero attached hydrogens (tertiary/aromatic N) is 1. The second-order valence-electron chi connectivity index (χ2n) is 7.07. The van der Waals surface area contributed by atoms with Gasteiger partial charge in [0.05, 0.1) is 5.56 Å². The zero-order valence-corrected chi connectivity index (χ0v) is 15.4. The van der Waals surface area contributed by atoms with Crippen molar-refractivity contribution in [3.8, 4) is 11.5 Å². The number of benzene rings is 2. The number of alkyl halides is 3. The Bertz CT molecular complexity index is 968. The molecule has 2 aliphatic heterocycles. The molecule has 0 saturated heterocycles. The molecule has 5 nitrogen and oxygen atoms in total. The number of halogens is 3. The Morgan fingerprint density at radius 2 is 1.93 bits per heavy atom. The van der Waals surface area contributed by atoms with Crippen LogP contribution in [0.4, 0.5) is 13.2 Å². The highest BCUT2D eigenvalue weighted by Gasteiger charge is 2.32. The predicted octanol–water partition coefficient (Wildman–Crippen LogP) is 3.82. The van der Waals surface area contributed by atoms with E-state index in [9.17, 15) is 23.1 Å². The van der Waals surface area contributed by atoms with Gasteiger partial charge in [-0.25, -0.2) is 0 Å². The summed E-state index contributed by atoms with van der Waals surface area (Å²) in [5.74, 6) is -0.646. The fourth-order valence-corrected chi connectivity index (χ4v) is 3.71. The number of nitrogens with one attached hydrogen (secondary N) is 1. The summed E-state index contributed by atoms with van der Waals surface area (Å²) < 4.78 is 40.7. The fraction of sp³-hybridized carbons (Fsp3) is 0.286. The number of amides is 1. The monoisotopic (exact) mass is 404 g/mol. The summed E-state index contributed by atoms with van der Waals surface area (Å²) in [7, 11) is 0. The van der Waals surface area contributed by atoms with Crippen LogP contribution in [0.25, 0.3) is 5.57 Å². The van der Waals surface area contributed by atoms with Gasteiger partial charge < -0.3 is 20.1 Å². The summed E-state index contributed by atoms with van der Waals surface area (Å²) in [6.45, 7) is 2.19. The molecule has 2 aromatic carbocycles. The van der Waals surface area contributed by atoms with E-state index in [2.05, 4.69) is 16.1 Å². The Balaban J connectivity index is 1.51. The van der Waals surface area contributed by atoms with Crippen molar-refractivity contribution in [2.45, 2.75) is 25.9 Å². The van der Waals surface area contributed by atoms with E-state index in [4.69, 9.17) is 0 Å². The SMILES string of the molecule is O=C1c2c(O)cc(C3=CCNCC3)cc2CN1Cc1ccc(OC(F)(F)F)cc1. The van der Waals surface area contributed by atoms with E-state index < -0.39 is 6.36 Å². The molecule has 0 aromatic heterocycles. The maximum atomic E-state index is 12.7. The summed E-state index contributed by atoms with van der Waals surface area (Å²) in [6, 6.07) is 8.97. The zero-order chi connectivity index (χ0) is 20.6. The summed E-state index contributed by atoms with van der Waals surface area (Å²) in [4.78, 5) is 14.3. The van der Waals surface area contributed by atoms with Gasteiger partial charge in [-0.3, -0.25) is 4.79 Å². The lowest BCUT2D eigenvalue weighted by Gasteiger charge is -2.16. The van der Waals surface area contributed by atoms with Crippen LogP contribution in [0.2, 0.25) is 0 Å². The molecule has 152 valence electrons. The third-order valence-corrected chi connectivity index (χ3v) is 5.03. The van der Waals surface area contributed by atoms with Gasteiger partial charge in [-0.1, -0.05) is 18.2 Å². The highest BCUT2D eigenvalue weighted by atomic mass is 19.4. The minimum atomic E-state index is -4.74. The van der Waals surface area contributed by atoms with Crippen molar-refractivity contribution in [3.05, 3.63) is 64.7 Å². The first-order valence-electron chi connectivity index (χ1n) is 9.20. The molecule has 8 heteroatoms. The van der Waals surface area contributed by atoms with Crippen LogP contribution < -0.4 is 10.1 Å². The average Bonchev–Trinajstić information content (AvgIpc) is 2.99. The number of hydrogen-bond donors (Lipinski definition) is 2. The Morgan fingerprint density at radius 1 is 1.17 bits per heavy atom. The molecule has 1 amide bonds. The number of ether oxygens (including phenoxy) is 1. The third kappa shape index (κ3) is 4.22. The molecule has 2 aromatic rings. The first-order chi connectivity index (χ1) is 13.8. The molecule has 0 aliphatic carbocycles. The molecule has 0 bridgehead atoms. The normalized spacial score (nSPS) is 16.6. The van der Waals surface area contributed by atoms with Gasteiger partial charge in [0, 0.05) is 19.6 Å². The fourth-order valence-electron chi connectivity index (χ4n) is 3.71. The van der Waals surface area contributed by atoms with Crippen molar-refractivity contribution in [1.29, 1.82) is 0 Å². The Labute approximate surface area is 165 Å². The van der Waals surface area contributed by atoms with Gasteiger partial charge >= 0.3 is 6.36 Å². The molecule has 0 unspecified atom stereocenters. The molecular formula is C21H19F3N2O3. The minimum Gasteiger partial charge on any atom is -0.507 e. The lowest BCUT2D eigenvalue weighted by Crippen LogP contribution is -2.23. The van der Waals surface area contributed by atoms with Gasteiger partial charge in [-0.05, 0) is 59.5 Å². The summed E-state index contributed by atoms with van der Waals surface area (Å²) >= 11 is 0. The molecule has 0 radical (unpaired) electrons. The molecule has 2 heterocycles. The zero-order valence-electron chi connectivity index (χ0n) is 15.4. The van der Waals surface area contributed by atoms with E-state index >= 15 is 0 Å². The molecule has 29 heavy (non-hydrogen) atoms. The number of hydrogen-bond acceptors (Lipinski definition) is 4. The van der Waals surface area contributed by atoms with Crippen molar-refractivity contribution in [3.63, 3.8) is 0 Å². The molecule has 0 spiro atoms. The van der Waals surface area contributed by atoms with Crippen LogP contribution in [-0.4, -0.2) is 35.4 Å². The summed E-state index contributed by atoms with van der Waals surface area (Å²) in [6.07, 6.45) is -1.82. The van der Waals surface area contributed by atoms with Gasteiger partial charge in [0.25, 0.3) is 5.91 Å². The number of rotatable bonds is 4. The van der Waals surface area contributed by atoms with E-state index in [1.165, 1.54) is 24.3 Å². The maximum absolute atomic E-state index is 12.7. The van der Waals surface area contributed by atoms with Crippen molar-refractivity contribution in [2.75, 3.05) is 13.1 Å². The predicted molar refractivity (Wildman–Crippen MR) is 100 cm³/mol. The van der Waals surface area contributed by atoms with Crippen LogP contribution in [0.3, 0.4) is 0 Å². The second-order valence-corrected chi connectivity index (χ2v) is 7.07. The number of aromatic hydroxyl groups is 1. The lowest BCUT2D eigenvalue weighted by atomic mass is 9.96. The number of carbonyl (C=O) groups excluding carboxylic acids is 1. The first kappa shape index (κ1) is 19.3.